The van der Waals surface area contributed by atoms with Crippen LogP contribution >= 0.6 is 11.3 Å². The molecule has 0 saturated heterocycles. The first kappa shape index (κ1) is 24.1. The van der Waals surface area contributed by atoms with Crippen molar-refractivity contribution in [3.8, 4) is 0 Å². The highest BCUT2D eigenvalue weighted by Gasteiger charge is 2.11. The second kappa shape index (κ2) is 11.9. The minimum absolute atomic E-state index is 0.107. The normalized spacial score (nSPS) is 10.8. The van der Waals surface area contributed by atoms with Crippen molar-refractivity contribution in [3.05, 3.63) is 82.4 Å². The predicted molar refractivity (Wildman–Crippen MR) is 132 cm³/mol. The number of aromatic nitrogens is 6. The van der Waals surface area contributed by atoms with E-state index in [1.165, 1.54) is 11.3 Å². The van der Waals surface area contributed by atoms with E-state index in [9.17, 15) is 9.59 Å². The van der Waals surface area contributed by atoms with Gasteiger partial charge in [0.05, 0.1) is 12.6 Å². The summed E-state index contributed by atoms with van der Waals surface area (Å²) in [6.45, 7) is 3.03. The van der Waals surface area contributed by atoms with Gasteiger partial charge in [0, 0.05) is 31.9 Å². The van der Waals surface area contributed by atoms with E-state index >= 15 is 0 Å². The Morgan fingerprint density at radius 3 is 2.77 bits per heavy atom. The van der Waals surface area contributed by atoms with Crippen LogP contribution in [0.5, 0.6) is 0 Å². The standard InChI is InChI=1S/C24H26N8O2S/c1-17-6-4-7-18(12-17)13-21(33)27-24-30-29-22(35-24)9-2-3-11-32-16-20(28-31-32)23(34)26-15-19-8-5-10-25-14-19/h4-8,10,12,14,16H,2-3,9,11,13,15H2,1H3,(H,26,34)(H,27,30,33). The summed E-state index contributed by atoms with van der Waals surface area (Å²) in [7, 11) is 0. The number of hydrogen-bond donors (Lipinski definition) is 2. The van der Waals surface area contributed by atoms with E-state index in [1.54, 1.807) is 23.3 Å². The van der Waals surface area contributed by atoms with Crippen LogP contribution in [0.4, 0.5) is 5.13 Å². The minimum Gasteiger partial charge on any atom is -0.346 e. The molecule has 0 spiro atoms. The van der Waals surface area contributed by atoms with Gasteiger partial charge in [0.25, 0.3) is 5.91 Å². The maximum Gasteiger partial charge on any atom is 0.273 e. The van der Waals surface area contributed by atoms with E-state index in [-0.39, 0.29) is 17.5 Å². The summed E-state index contributed by atoms with van der Waals surface area (Å²) in [5, 5.41) is 23.2. The van der Waals surface area contributed by atoms with Crippen LogP contribution in [0.3, 0.4) is 0 Å². The molecular formula is C24H26N8O2S. The number of nitrogens with zero attached hydrogens (tertiary/aromatic N) is 6. The van der Waals surface area contributed by atoms with Gasteiger partial charge in [-0.1, -0.05) is 52.4 Å². The van der Waals surface area contributed by atoms with E-state index in [0.717, 1.165) is 41.0 Å². The first-order valence-corrected chi connectivity index (χ1v) is 12.1. The molecule has 2 amide bonds. The summed E-state index contributed by atoms with van der Waals surface area (Å²) in [6, 6.07) is 11.6. The first-order chi connectivity index (χ1) is 17.0. The zero-order valence-corrected chi connectivity index (χ0v) is 20.2. The number of rotatable bonds is 11. The highest BCUT2D eigenvalue weighted by atomic mass is 32.1. The van der Waals surface area contributed by atoms with Gasteiger partial charge in [-0.05, 0) is 37.0 Å². The highest BCUT2D eigenvalue weighted by Crippen LogP contribution is 2.18. The Balaban J connectivity index is 1.16. The number of nitrogens with one attached hydrogen (secondary N) is 2. The fourth-order valence-electron chi connectivity index (χ4n) is 3.41. The Kier molecular flexibility index (Phi) is 8.23. The number of unbranched alkanes of at least 4 members (excludes halogenated alkanes) is 1. The van der Waals surface area contributed by atoms with Gasteiger partial charge in [-0.3, -0.25) is 19.3 Å². The minimum atomic E-state index is -0.272. The molecule has 0 aliphatic carbocycles. The van der Waals surface area contributed by atoms with E-state index in [1.807, 2.05) is 43.3 Å². The molecule has 1 aromatic carbocycles. The van der Waals surface area contributed by atoms with Crippen molar-refractivity contribution in [3.63, 3.8) is 0 Å². The fraction of sp³-hybridized carbons (Fsp3) is 0.292. The largest absolute Gasteiger partial charge is 0.346 e. The molecule has 4 rings (SSSR count). The maximum atomic E-state index is 12.3. The Hall–Kier alpha value is -3.99. The van der Waals surface area contributed by atoms with Crippen LogP contribution < -0.4 is 10.6 Å². The molecule has 0 bridgehead atoms. The first-order valence-electron chi connectivity index (χ1n) is 11.3. The van der Waals surface area contributed by atoms with Gasteiger partial charge in [-0.2, -0.15) is 0 Å². The maximum absolute atomic E-state index is 12.3. The van der Waals surface area contributed by atoms with Crippen LogP contribution in [-0.4, -0.2) is 42.0 Å². The van der Waals surface area contributed by atoms with Crippen molar-refractivity contribution in [1.82, 2.24) is 35.5 Å². The van der Waals surface area contributed by atoms with Gasteiger partial charge in [-0.25, -0.2) is 0 Å². The van der Waals surface area contributed by atoms with Gasteiger partial charge in [0.15, 0.2) is 5.69 Å². The Morgan fingerprint density at radius 1 is 1.06 bits per heavy atom. The molecular weight excluding hydrogens is 464 g/mol. The highest BCUT2D eigenvalue weighted by molar-refractivity contribution is 7.15. The number of amides is 2. The molecule has 0 atom stereocenters. The number of pyridine rings is 1. The molecule has 3 aromatic heterocycles. The fourth-order valence-corrected chi connectivity index (χ4v) is 4.21. The third-order valence-electron chi connectivity index (χ3n) is 5.14. The summed E-state index contributed by atoms with van der Waals surface area (Å²) < 4.78 is 1.66. The van der Waals surface area contributed by atoms with Gasteiger partial charge in [0.1, 0.15) is 5.01 Å². The van der Waals surface area contributed by atoms with Crippen LogP contribution in [0.25, 0.3) is 0 Å². The van der Waals surface area contributed by atoms with Gasteiger partial charge < -0.3 is 10.6 Å². The molecule has 0 aliphatic heterocycles. The third kappa shape index (κ3) is 7.51. The number of carbonyl (C=O) groups is 2. The molecule has 180 valence electrons. The molecule has 2 N–H and O–H groups in total. The topological polar surface area (TPSA) is 128 Å². The van der Waals surface area contributed by atoms with Crippen LogP contribution in [0, 0.1) is 6.92 Å². The van der Waals surface area contributed by atoms with Crippen LogP contribution in [0.1, 0.15) is 45.0 Å². The van der Waals surface area contributed by atoms with Crippen molar-refractivity contribution >= 4 is 28.3 Å². The molecule has 0 aliphatic rings. The lowest BCUT2D eigenvalue weighted by Crippen LogP contribution is -2.23. The Morgan fingerprint density at radius 2 is 1.94 bits per heavy atom. The second-order valence-electron chi connectivity index (χ2n) is 8.08. The van der Waals surface area contributed by atoms with Gasteiger partial charge in [-0.15, -0.1) is 15.3 Å². The van der Waals surface area contributed by atoms with E-state index in [2.05, 4.69) is 36.1 Å². The van der Waals surface area contributed by atoms with Crippen molar-refractivity contribution in [2.45, 2.75) is 45.7 Å². The molecule has 11 heteroatoms. The third-order valence-corrected chi connectivity index (χ3v) is 6.03. The van der Waals surface area contributed by atoms with E-state index in [0.29, 0.717) is 24.6 Å². The molecule has 4 aromatic rings. The van der Waals surface area contributed by atoms with Crippen molar-refractivity contribution in [2.75, 3.05) is 5.32 Å². The zero-order valence-electron chi connectivity index (χ0n) is 19.3. The number of carbonyl (C=O) groups excluding carboxylic acids is 2. The SMILES string of the molecule is Cc1cccc(CC(=O)Nc2nnc(CCCCn3cc(C(=O)NCc4cccnc4)nn3)s2)c1. The second-order valence-corrected chi connectivity index (χ2v) is 9.14. The predicted octanol–water partition coefficient (Wildman–Crippen LogP) is 2.97. The Labute approximate surface area is 206 Å². The summed E-state index contributed by atoms with van der Waals surface area (Å²) in [6.07, 6.45) is 7.80. The molecule has 10 nitrogen and oxygen atoms in total. The molecule has 3 heterocycles. The van der Waals surface area contributed by atoms with Crippen molar-refractivity contribution in [1.29, 1.82) is 0 Å². The molecule has 35 heavy (non-hydrogen) atoms. The molecule has 0 fully saturated rings. The van der Waals surface area contributed by atoms with E-state index < -0.39 is 0 Å². The van der Waals surface area contributed by atoms with Gasteiger partial charge in [0.2, 0.25) is 11.0 Å². The number of hydrogen-bond acceptors (Lipinski definition) is 8. The van der Waals surface area contributed by atoms with Crippen LogP contribution in [0.15, 0.2) is 55.0 Å². The summed E-state index contributed by atoms with van der Waals surface area (Å²) in [4.78, 5) is 28.5. The molecule has 0 saturated carbocycles. The number of anilines is 1. The smallest absolute Gasteiger partial charge is 0.273 e. The van der Waals surface area contributed by atoms with Gasteiger partial charge >= 0.3 is 0 Å². The van der Waals surface area contributed by atoms with Crippen LogP contribution in [-0.2, 0) is 30.7 Å². The Bertz CT molecular complexity index is 1270. The molecule has 0 radical (unpaired) electrons. The lowest BCUT2D eigenvalue weighted by atomic mass is 10.1. The average molecular weight is 491 g/mol. The lowest BCUT2D eigenvalue weighted by Gasteiger charge is -2.02. The summed E-state index contributed by atoms with van der Waals surface area (Å²) in [5.41, 5.74) is 3.29. The number of benzene rings is 1. The molecule has 0 unspecified atom stereocenters. The van der Waals surface area contributed by atoms with Crippen molar-refractivity contribution < 1.29 is 9.59 Å². The summed E-state index contributed by atoms with van der Waals surface area (Å²) >= 11 is 1.39. The summed E-state index contributed by atoms with van der Waals surface area (Å²) in [5.74, 6) is -0.379. The quantitative estimate of drug-likeness (QED) is 0.309. The lowest BCUT2D eigenvalue weighted by molar-refractivity contribution is -0.115. The van der Waals surface area contributed by atoms with E-state index in [4.69, 9.17) is 0 Å². The van der Waals surface area contributed by atoms with Crippen LogP contribution in [0.2, 0.25) is 0 Å². The zero-order chi connectivity index (χ0) is 24.5. The van der Waals surface area contributed by atoms with Crippen molar-refractivity contribution in [2.24, 2.45) is 0 Å². The number of aryl methyl sites for hydroxylation is 3. The average Bonchev–Trinajstić information content (AvgIpc) is 3.50. The monoisotopic (exact) mass is 490 g/mol.